The molecule has 1 aliphatic rings. The Morgan fingerprint density at radius 1 is 1.00 bits per heavy atom. The van der Waals surface area contributed by atoms with Gasteiger partial charge < -0.3 is 24.6 Å². The number of amides is 1. The van der Waals surface area contributed by atoms with Crippen molar-refractivity contribution in [3.63, 3.8) is 0 Å². The van der Waals surface area contributed by atoms with Gasteiger partial charge in [0, 0.05) is 5.56 Å². The van der Waals surface area contributed by atoms with Crippen LogP contribution in [0, 0.1) is 12.8 Å². The highest BCUT2D eigenvalue weighted by Crippen LogP contribution is 2.40. The summed E-state index contributed by atoms with van der Waals surface area (Å²) in [5.74, 6) is 0.0282. The molecule has 0 bridgehead atoms. The number of aryl methyl sites for hydroxylation is 1. The second-order valence-corrected chi connectivity index (χ2v) is 12.0. The summed E-state index contributed by atoms with van der Waals surface area (Å²) < 4.78 is 18.3. The van der Waals surface area contributed by atoms with E-state index < -0.39 is 23.7 Å². The Kier molecular flexibility index (Phi) is 9.88. The zero-order valence-electron chi connectivity index (χ0n) is 26.2. The fraction of sp³-hybridized carbons (Fsp3) is 0.361. The van der Waals surface area contributed by atoms with E-state index in [0.29, 0.717) is 31.4 Å². The first kappa shape index (κ1) is 31.8. The predicted octanol–water partition coefficient (Wildman–Crippen LogP) is 6.48. The lowest BCUT2D eigenvalue weighted by atomic mass is 9.81. The molecule has 9 heteroatoms. The van der Waals surface area contributed by atoms with E-state index in [1.807, 2.05) is 98.2 Å². The lowest BCUT2D eigenvalue weighted by molar-refractivity contribution is -0.157. The molecule has 2 N–H and O–H groups in total. The zero-order chi connectivity index (χ0) is 32.0. The largest absolute Gasteiger partial charge is 0.497 e. The topological polar surface area (TPSA) is 112 Å². The summed E-state index contributed by atoms with van der Waals surface area (Å²) in [5.41, 5.74) is 4.08. The molecule has 5 rings (SSSR count). The Morgan fingerprint density at radius 3 is 2.29 bits per heavy atom. The van der Waals surface area contributed by atoms with Crippen LogP contribution < -0.4 is 10.1 Å². The third-order valence-corrected chi connectivity index (χ3v) is 8.30. The van der Waals surface area contributed by atoms with Gasteiger partial charge in [-0.1, -0.05) is 74.0 Å². The van der Waals surface area contributed by atoms with Crippen LogP contribution in [-0.2, 0) is 26.5 Å². The van der Waals surface area contributed by atoms with Crippen LogP contribution in [0.2, 0.25) is 0 Å². The first-order valence-electron chi connectivity index (χ1n) is 15.4. The molecule has 0 radical (unpaired) electrons. The number of nitrogens with one attached hydrogen (secondary N) is 1. The molecule has 4 aromatic rings. The normalized spacial score (nSPS) is 18.7. The van der Waals surface area contributed by atoms with Crippen LogP contribution in [0.25, 0.3) is 16.9 Å². The van der Waals surface area contributed by atoms with Crippen molar-refractivity contribution in [1.82, 2.24) is 15.1 Å². The summed E-state index contributed by atoms with van der Waals surface area (Å²) in [6, 6.07) is 26.3. The first-order chi connectivity index (χ1) is 21.6. The maximum atomic E-state index is 13.1. The van der Waals surface area contributed by atoms with Gasteiger partial charge in [-0.05, 0) is 74.4 Å². The van der Waals surface area contributed by atoms with Gasteiger partial charge >= 0.3 is 12.1 Å². The molecule has 0 saturated heterocycles. The molecular weight excluding hydrogens is 570 g/mol. The number of aromatic nitrogens is 2. The van der Waals surface area contributed by atoms with Crippen molar-refractivity contribution in [3.8, 4) is 22.7 Å². The molecule has 0 aliphatic heterocycles. The van der Waals surface area contributed by atoms with Gasteiger partial charge in [-0.3, -0.25) is 0 Å². The number of hydrogen-bond acceptors (Lipinski definition) is 7. The van der Waals surface area contributed by atoms with Crippen molar-refractivity contribution in [1.29, 1.82) is 0 Å². The van der Waals surface area contributed by atoms with Gasteiger partial charge in [0.2, 0.25) is 0 Å². The maximum absolute atomic E-state index is 13.1. The number of aliphatic hydroxyl groups is 1. The predicted molar refractivity (Wildman–Crippen MR) is 171 cm³/mol. The van der Waals surface area contributed by atoms with E-state index in [2.05, 4.69) is 17.4 Å². The van der Waals surface area contributed by atoms with Crippen molar-refractivity contribution in [2.24, 2.45) is 5.92 Å². The fourth-order valence-electron chi connectivity index (χ4n) is 5.53. The van der Waals surface area contributed by atoms with Crippen molar-refractivity contribution in [2.75, 3.05) is 7.11 Å². The van der Waals surface area contributed by atoms with Gasteiger partial charge in [0.1, 0.15) is 30.1 Å². The van der Waals surface area contributed by atoms with Crippen LogP contribution in [0.4, 0.5) is 4.79 Å². The molecule has 1 unspecified atom stereocenters. The maximum Gasteiger partial charge on any atom is 0.408 e. The number of nitrogens with zero attached hydrogens (tertiary/aromatic N) is 2. The third-order valence-electron chi connectivity index (χ3n) is 8.30. The Bertz CT molecular complexity index is 1570. The molecule has 1 atom stereocenters. The summed E-state index contributed by atoms with van der Waals surface area (Å²) in [5, 5.41) is 19.4. The van der Waals surface area contributed by atoms with Crippen molar-refractivity contribution < 1.29 is 28.9 Å². The molecule has 236 valence electrons. The Hall–Kier alpha value is -4.63. The number of carbonyl (C=O) groups excluding carboxylic acids is 2. The zero-order valence-corrected chi connectivity index (χ0v) is 26.2. The molecule has 3 aromatic carbocycles. The van der Waals surface area contributed by atoms with Crippen LogP contribution in [0.3, 0.4) is 0 Å². The lowest BCUT2D eigenvalue weighted by Crippen LogP contribution is -2.47. The summed E-state index contributed by atoms with van der Waals surface area (Å²) in [6.45, 7) is 5.83. The van der Waals surface area contributed by atoms with Crippen LogP contribution in [-0.4, -0.2) is 46.2 Å². The number of ether oxygens (including phenoxy) is 3. The second-order valence-electron chi connectivity index (χ2n) is 12.0. The van der Waals surface area contributed by atoms with Gasteiger partial charge in [-0.15, -0.1) is 0 Å². The van der Waals surface area contributed by atoms with Crippen LogP contribution in [0.5, 0.6) is 5.75 Å². The van der Waals surface area contributed by atoms with E-state index in [9.17, 15) is 14.7 Å². The summed E-state index contributed by atoms with van der Waals surface area (Å²) >= 11 is 0. The molecular formula is C36H41N3O6. The van der Waals surface area contributed by atoms with Gasteiger partial charge in [0.15, 0.2) is 0 Å². The molecule has 0 spiro atoms. The molecule has 1 aliphatic carbocycles. The number of benzene rings is 3. The standard InChI is InChI=1S/C36H41N3O6/c1-24(2)33(37-35(41)44-23-26-8-6-5-7-9-26)34(40)45-30-18-20-36(42,21-19-30)32-22-31(27-12-10-25(3)11-13-27)39(38-32)28-14-16-29(43-4)17-15-28/h5-17,22,24,30,33,42H,18-21,23H2,1-4H3,(H,37,41). The highest BCUT2D eigenvalue weighted by molar-refractivity contribution is 5.81. The second kappa shape index (κ2) is 14.0. The number of hydrogen-bond donors (Lipinski definition) is 2. The van der Waals surface area contributed by atoms with E-state index >= 15 is 0 Å². The average molecular weight is 612 g/mol. The lowest BCUT2D eigenvalue weighted by Gasteiger charge is -2.35. The van der Waals surface area contributed by atoms with E-state index in [1.54, 1.807) is 7.11 Å². The Balaban J connectivity index is 1.25. The summed E-state index contributed by atoms with van der Waals surface area (Å²) in [6.07, 6.45) is 0.598. The van der Waals surface area contributed by atoms with Crippen molar-refractivity contribution >= 4 is 12.1 Å². The molecule has 9 nitrogen and oxygen atoms in total. The van der Waals surface area contributed by atoms with E-state index in [4.69, 9.17) is 19.3 Å². The van der Waals surface area contributed by atoms with Gasteiger partial charge in [-0.25, -0.2) is 14.3 Å². The third kappa shape index (κ3) is 7.72. The van der Waals surface area contributed by atoms with Crippen LogP contribution in [0.15, 0.2) is 84.9 Å². The van der Waals surface area contributed by atoms with Crippen molar-refractivity contribution in [3.05, 3.63) is 102 Å². The number of esters is 1. The summed E-state index contributed by atoms with van der Waals surface area (Å²) in [7, 11) is 1.63. The molecule has 45 heavy (non-hydrogen) atoms. The van der Waals surface area contributed by atoms with E-state index in [0.717, 1.165) is 33.8 Å². The van der Waals surface area contributed by atoms with Gasteiger partial charge in [0.25, 0.3) is 0 Å². The molecule has 1 saturated carbocycles. The van der Waals surface area contributed by atoms with E-state index in [1.165, 1.54) is 0 Å². The number of alkyl carbamates (subject to hydrolysis) is 1. The number of methoxy groups -OCH3 is 1. The minimum Gasteiger partial charge on any atom is -0.497 e. The molecule has 1 fully saturated rings. The smallest absolute Gasteiger partial charge is 0.408 e. The molecule has 1 amide bonds. The number of rotatable bonds is 10. The fourth-order valence-corrected chi connectivity index (χ4v) is 5.53. The Labute approximate surface area is 264 Å². The van der Waals surface area contributed by atoms with Gasteiger partial charge in [-0.2, -0.15) is 5.10 Å². The summed E-state index contributed by atoms with van der Waals surface area (Å²) in [4.78, 5) is 25.6. The Morgan fingerprint density at radius 2 is 1.67 bits per heavy atom. The quantitative estimate of drug-likeness (QED) is 0.197. The molecule has 1 heterocycles. The number of carbonyl (C=O) groups is 2. The van der Waals surface area contributed by atoms with Gasteiger partial charge in [0.05, 0.1) is 24.2 Å². The molecule has 1 aromatic heterocycles. The van der Waals surface area contributed by atoms with E-state index in [-0.39, 0.29) is 18.6 Å². The van der Waals surface area contributed by atoms with Crippen LogP contribution in [0.1, 0.15) is 56.4 Å². The minimum atomic E-state index is -1.18. The SMILES string of the molecule is COc1ccc(-n2nc(C3(O)CCC(OC(=O)C(NC(=O)OCc4ccccc4)C(C)C)CC3)cc2-c2ccc(C)cc2)cc1. The minimum absolute atomic E-state index is 0.105. The highest BCUT2D eigenvalue weighted by Gasteiger charge is 2.40. The monoisotopic (exact) mass is 611 g/mol. The average Bonchev–Trinajstić information content (AvgIpc) is 3.51. The first-order valence-corrected chi connectivity index (χ1v) is 15.4. The highest BCUT2D eigenvalue weighted by atomic mass is 16.6. The van der Waals surface area contributed by atoms with Crippen molar-refractivity contribution in [2.45, 2.75) is 70.8 Å². The van der Waals surface area contributed by atoms with Crippen LogP contribution >= 0.6 is 0 Å².